The third-order valence-electron chi connectivity index (χ3n) is 3.26. The Morgan fingerprint density at radius 1 is 1.53 bits per heavy atom. The Labute approximate surface area is 104 Å². The number of amides is 2. The minimum Gasteiger partial charge on any atom is -0.340 e. The molecule has 1 aliphatic rings. The van der Waals surface area contributed by atoms with Gasteiger partial charge in [-0.15, -0.1) is 0 Å². The molecular weight excluding hydrogens is 240 g/mol. The Morgan fingerprint density at radius 3 is 2.59 bits per heavy atom. The van der Waals surface area contributed by atoms with E-state index in [-0.39, 0.29) is 23.6 Å². The second kappa shape index (κ2) is 5.16. The number of carbonyl (C=O) groups is 2. The molecule has 5 nitrogen and oxygen atoms in total. The fourth-order valence-corrected chi connectivity index (χ4v) is 2.19. The van der Waals surface area contributed by atoms with Gasteiger partial charge in [0.1, 0.15) is 5.54 Å². The van der Waals surface area contributed by atoms with Gasteiger partial charge in [0.25, 0.3) is 0 Å². The zero-order valence-corrected chi connectivity index (χ0v) is 11.6. The number of rotatable bonds is 4. The Morgan fingerprint density at radius 2 is 2.12 bits per heavy atom. The van der Waals surface area contributed by atoms with E-state index in [2.05, 4.69) is 5.32 Å². The van der Waals surface area contributed by atoms with Crippen molar-refractivity contribution in [3.63, 3.8) is 0 Å². The molecule has 1 heterocycles. The molecule has 0 aromatic carbocycles. The summed E-state index contributed by atoms with van der Waals surface area (Å²) < 4.78 is 11.3. The first-order valence-corrected chi connectivity index (χ1v) is 7.35. The van der Waals surface area contributed by atoms with Crippen LogP contribution < -0.4 is 5.32 Å². The topological polar surface area (TPSA) is 66.5 Å². The maximum Gasteiger partial charge on any atom is 0.248 e. The molecule has 0 aromatic heterocycles. The molecule has 1 aliphatic heterocycles. The number of piperazine rings is 1. The molecule has 6 heteroatoms. The molecular formula is C11H20N2O3S. The van der Waals surface area contributed by atoms with Crippen LogP contribution in [0, 0.1) is 0 Å². The van der Waals surface area contributed by atoms with Crippen molar-refractivity contribution in [3.8, 4) is 0 Å². The van der Waals surface area contributed by atoms with E-state index >= 15 is 0 Å². The van der Waals surface area contributed by atoms with Crippen LogP contribution in [-0.2, 0) is 20.4 Å². The quantitative estimate of drug-likeness (QED) is 0.766. The molecule has 0 radical (unpaired) electrons. The highest BCUT2D eigenvalue weighted by atomic mass is 32.2. The maximum absolute atomic E-state index is 12.2. The number of hydrogen-bond acceptors (Lipinski definition) is 3. The molecule has 0 saturated carbocycles. The van der Waals surface area contributed by atoms with Gasteiger partial charge >= 0.3 is 0 Å². The van der Waals surface area contributed by atoms with E-state index < -0.39 is 16.3 Å². The van der Waals surface area contributed by atoms with E-state index in [0.29, 0.717) is 13.0 Å². The molecule has 1 N–H and O–H groups in total. The predicted octanol–water partition coefficient (Wildman–Crippen LogP) is -0.119. The first-order valence-electron chi connectivity index (χ1n) is 5.72. The Balaban J connectivity index is 2.82. The van der Waals surface area contributed by atoms with Crippen LogP contribution in [0.1, 0.15) is 27.2 Å². The third kappa shape index (κ3) is 3.06. The first-order chi connectivity index (χ1) is 7.80. The van der Waals surface area contributed by atoms with Crippen LogP contribution in [0.25, 0.3) is 0 Å². The van der Waals surface area contributed by atoms with E-state index in [1.165, 1.54) is 4.90 Å². The lowest BCUT2D eigenvalue weighted by Crippen LogP contribution is -2.65. The van der Waals surface area contributed by atoms with Crippen LogP contribution in [-0.4, -0.2) is 51.1 Å². The summed E-state index contributed by atoms with van der Waals surface area (Å²) in [6.45, 7) is 5.84. The van der Waals surface area contributed by atoms with Crippen LogP contribution in [0.3, 0.4) is 0 Å². The van der Waals surface area contributed by atoms with E-state index in [0.717, 1.165) is 0 Å². The smallest absolute Gasteiger partial charge is 0.248 e. The molecule has 1 fully saturated rings. The van der Waals surface area contributed by atoms with Crippen LogP contribution >= 0.6 is 0 Å². The van der Waals surface area contributed by atoms with Gasteiger partial charge in [-0.3, -0.25) is 13.8 Å². The average molecular weight is 260 g/mol. The van der Waals surface area contributed by atoms with Crippen molar-refractivity contribution in [2.24, 2.45) is 0 Å². The van der Waals surface area contributed by atoms with Crippen molar-refractivity contribution in [3.05, 3.63) is 0 Å². The lowest BCUT2D eigenvalue weighted by atomic mass is 9.94. The highest BCUT2D eigenvalue weighted by Crippen LogP contribution is 2.18. The monoisotopic (exact) mass is 260 g/mol. The highest BCUT2D eigenvalue weighted by molar-refractivity contribution is 7.84. The van der Waals surface area contributed by atoms with Crippen molar-refractivity contribution in [2.75, 3.05) is 19.3 Å². The third-order valence-corrected chi connectivity index (χ3v) is 4.54. The molecule has 3 unspecified atom stereocenters. The second-order valence-electron chi connectivity index (χ2n) is 4.73. The molecule has 1 rings (SSSR count). The maximum atomic E-state index is 12.2. The van der Waals surface area contributed by atoms with Gasteiger partial charge in [-0.25, -0.2) is 0 Å². The largest absolute Gasteiger partial charge is 0.340 e. The summed E-state index contributed by atoms with van der Waals surface area (Å²) >= 11 is 0. The lowest BCUT2D eigenvalue weighted by molar-refractivity contribution is -0.149. The standard InChI is InChI=1S/C11H20N2O3S/c1-5-11(3)10(15)13(7-9(14)12-11)6-8(2)17(4)16/h8H,5-7H2,1-4H3,(H,12,14). The lowest BCUT2D eigenvalue weighted by Gasteiger charge is -2.40. The van der Waals surface area contributed by atoms with Crippen molar-refractivity contribution < 1.29 is 13.8 Å². The summed E-state index contributed by atoms with van der Waals surface area (Å²) in [5.41, 5.74) is -0.815. The highest BCUT2D eigenvalue weighted by Gasteiger charge is 2.41. The Kier molecular flexibility index (Phi) is 4.30. The van der Waals surface area contributed by atoms with Gasteiger partial charge in [-0.05, 0) is 20.3 Å². The molecule has 3 atom stereocenters. The van der Waals surface area contributed by atoms with Crippen molar-refractivity contribution in [1.29, 1.82) is 0 Å². The van der Waals surface area contributed by atoms with Crippen molar-refractivity contribution in [2.45, 2.75) is 38.0 Å². The average Bonchev–Trinajstić information content (AvgIpc) is 2.25. The van der Waals surface area contributed by atoms with Crippen molar-refractivity contribution >= 4 is 22.6 Å². The Hall–Kier alpha value is -0.910. The van der Waals surface area contributed by atoms with Crippen molar-refractivity contribution in [1.82, 2.24) is 10.2 Å². The minimum atomic E-state index is -0.991. The summed E-state index contributed by atoms with van der Waals surface area (Å²) in [4.78, 5) is 25.3. The van der Waals surface area contributed by atoms with E-state index in [1.54, 1.807) is 13.2 Å². The summed E-state index contributed by atoms with van der Waals surface area (Å²) in [5, 5.41) is 2.60. The van der Waals surface area contributed by atoms with E-state index in [1.807, 2.05) is 13.8 Å². The molecule has 0 spiro atoms. The van der Waals surface area contributed by atoms with E-state index in [9.17, 15) is 13.8 Å². The van der Waals surface area contributed by atoms with Gasteiger partial charge in [-0.2, -0.15) is 0 Å². The van der Waals surface area contributed by atoms with Crippen LogP contribution in [0.2, 0.25) is 0 Å². The van der Waals surface area contributed by atoms with E-state index in [4.69, 9.17) is 0 Å². The first kappa shape index (κ1) is 14.2. The van der Waals surface area contributed by atoms with Crippen LogP contribution in [0.4, 0.5) is 0 Å². The van der Waals surface area contributed by atoms with Gasteiger partial charge in [0.15, 0.2) is 0 Å². The summed E-state index contributed by atoms with van der Waals surface area (Å²) in [5.74, 6) is -0.236. The molecule has 17 heavy (non-hydrogen) atoms. The summed E-state index contributed by atoms with van der Waals surface area (Å²) in [7, 11) is -0.991. The van der Waals surface area contributed by atoms with Crippen LogP contribution in [0.5, 0.6) is 0 Å². The zero-order valence-electron chi connectivity index (χ0n) is 10.8. The molecule has 1 saturated heterocycles. The Bertz CT molecular complexity index is 359. The molecule has 0 aromatic rings. The fraction of sp³-hybridized carbons (Fsp3) is 0.818. The van der Waals surface area contributed by atoms with Gasteiger partial charge < -0.3 is 10.2 Å². The zero-order chi connectivity index (χ0) is 13.2. The normalized spacial score (nSPS) is 28.8. The summed E-state index contributed by atoms with van der Waals surface area (Å²) in [6.07, 6.45) is 2.16. The fourth-order valence-electron chi connectivity index (χ4n) is 1.80. The molecule has 0 bridgehead atoms. The number of nitrogens with zero attached hydrogens (tertiary/aromatic N) is 1. The minimum absolute atomic E-state index is 0.0654. The number of nitrogens with one attached hydrogen (secondary N) is 1. The second-order valence-corrected chi connectivity index (χ2v) is 6.53. The predicted molar refractivity (Wildman–Crippen MR) is 66.9 cm³/mol. The van der Waals surface area contributed by atoms with Gasteiger partial charge in [0, 0.05) is 28.9 Å². The van der Waals surface area contributed by atoms with Gasteiger partial charge in [0.05, 0.1) is 6.54 Å². The summed E-state index contributed by atoms with van der Waals surface area (Å²) in [6, 6.07) is 0. The van der Waals surface area contributed by atoms with Gasteiger partial charge in [-0.1, -0.05) is 6.92 Å². The molecule has 98 valence electrons. The number of hydrogen-bond donors (Lipinski definition) is 1. The molecule has 0 aliphatic carbocycles. The molecule has 2 amide bonds. The van der Waals surface area contributed by atoms with Gasteiger partial charge in [0.2, 0.25) is 11.8 Å². The SMILES string of the molecule is CCC1(C)NC(=O)CN(CC(C)S(C)=O)C1=O. The number of carbonyl (C=O) groups excluding carboxylic acids is 2. The van der Waals surface area contributed by atoms with Crippen LogP contribution in [0.15, 0.2) is 0 Å².